The molecule has 3 rings (SSSR count). The van der Waals surface area contributed by atoms with E-state index in [9.17, 15) is 0 Å². The molecule has 0 atom stereocenters. The Labute approximate surface area is 132 Å². The van der Waals surface area contributed by atoms with Gasteiger partial charge in [0.2, 0.25) is 0 Å². The van der Waals surface area contributed by atoms with Crippen molar-refractivity contribution >= 4 is 59.7 Å². The molecular weight excluding hydrogens is 386 g/mol. The lowest BCUT2D eigenvalue weighted by molar-refractivity contribution is 1.19. The minimum Gasteiger partial charge on any atom is -0.380 e. The summed E-state index contributed by atoms with van der Waals surface area (Å²) in [6.07, 6.45) is 0. The van der Waals surface area contributed by atoms with E-state index in [2.05, 4.69) is 85.7 Å². The van der Waals surface area contributed by atoms with Crippen LogP contribution in [0.2, 0.25) is 0 Å². The Morgan fingerprint density at radius 2 is 1.74 bits per heavy atom. The highest BCUT2D eigenvalue weighted by Gasteiger charge is 2.04. The summed E-state index contributed by atoms with van der Waals surface area (Å²) in [4.78, 5) is 1.30. The molecule has 0 aliphatic rings. The van der Waals surface area contributed by atoms with Crippen LogP contribution < -0.4 is 5.32 Å². The van der Waals surface area contributed by atoms with Crippen LogP contribution in [0.3, 0.4) is 0 Å². The van der Waals surface area contributed by atoms with Crippen molar-refractivity contribution in [2.45, 2.75) is 6.54 Å². The minimum atomic E-state index is 0.840. The third-order valence-electron chi connectivity index (χ3n) is 2.91. The largest absolute Gasteiger partial charge is 0.380 e. The Morgan fingerprint density at radius 1 is 0.947 bits per heavy atom. The van der Waals surface area contributed by atoms with Crippen molar-refractivity contribution in [1.29, 1.82) is 0 Å². The summed E-state index contributed by atoms with van der Waals surface area (Å²) in [5, 5.41) is 6.00. The third kappa shape index (κ3) is 3.02. The van der Waals surface area contributed by atoms with Crippen LogP contribution in [0, 0.1) is 0 Å². The number of halogens is 2. The second-order valence-electron chi connectivity index (χ2n) is 4.25. The molecule has 0 amide bonds. The summed E-state index contributed by atoms with van der Waals surface area (Å²) >= 11 is 8.77. The van der Waals surface area contributed by atoms with E-state index in [4.69, 9.17) is 0 Å². The van der Waals surface area contributed by atoms with Gasteiger partial charge in [-0.2, -0.15) is 0 Å². The normalized spacial score (nSPS) is 10.8. The smallest absolute Gasteiger partial charge is 0.0843 e. The van der Waals surface area contributed by atoms with E-state index in [-0.39, 0.29) is 0 Å². The van der Waals surface area contributed by atoms with Crippen molar-refractivity contribution in [2.75, 3.05) is 5.32 Å². The zero-order valence-electron chi connectivity index (χ0n) is 9.99. The molecule has 1 N–H and O–H groups in total. The van der Waals surface area contributed by atoms with Crippen LogP contribution in [0.1, 0.15) is 4.88 Å². The Balaban J connectivity index is 1.78. The molecule has 0 aliphatic carbocycles. The van der Waals surface area contributed by atoms with Crippen molar-refractivity contribution < 1.29 is 0 Å². The van der Waals surface area contributed by atoms with Gasteiger partial charge in [0.05, 0.1) is 3.79 Å². The van der Waals surface area contributed by atoms with E-state index in [1.165, 1.54) is 15.6 Å². The summed E-state index contributed by atoms with van der Waals surface area (Å²) in [5.41, 5.74) is 1.15. The number of thiophene rings is 1. The second kappa shape index (κ2) is 5.65. The first-order chi connectivity index (χ1) is 9.22. The molecule has 0 bridgehead atoms. The summed E-state index contributed by atoms with van der Waals surface area (Å²) < 4.78 is 2.26. The number of nitrogens with one attached hydrogen (secondary N) is 1. The molecule has 1 nitrogen and oxygen atoms in total. The van der Waals surface area contributed by atoms with Gasteiger partial charge >= 0.3 is 0 Å². The highest BCUT2D eigenvalue weighted by molar-refractivity contribution is 9.13. The molecule has 0 radical (unpaired) electrons. The predicted molar refractivity (Wildman–Crippen MR) is 91.0 cm³/mol. The van der Waals surface area contributed by atoms with Crippen LogP contribution in [0.4, 0.5) is 5.69 Å². The molecule has 4 heteroatoms. The summed E-state index contributed by atoms with van der Waals surface area (Å²) in [6, 6.07) is 17.0. The first kappa shape index (κ1) is 13.2. The fourth-order valence-electron chi connectivity index (χ4n) is 1.97. The van der Waals surface area contributed by atoms with Gasteiger partial charge in [-0.25, -0.2) is 0 Å². The topological polar surface area (TPSA) is 12.0 Å². The van der Waals surface area contributed by atoms with Crippen LogP contribution in [-0.2, 0) is 6.54 Å². The molecule has 19 heavy (non-hydrogen) atoms. The number of rotatable bonds is 3. The van der Waals surface area contributed by atoms with Crippen LogP contribution >= 0.6 is 43.2 Å². The zero-order chi connectivity index (χ0) is 13.2. The van der Waals surface area contributed by atoms with Crippen molar-refractivity contribution in [3.63, 3.8) is 0 Å². The summed E-state index contributed by atoms with van der Waals surface area (Å²) in [5.74, 6) is 0. The van der Waals surface area contributed by atoms with E-state index >= 15 is 0 Å². The maximum Gasteiger partial charge on any atom is 0.0843 e. The van der Waals surface area contributed by atoms with Crippen molar-refractivity contribution in [3.8, 4) is 0 Å². The van der Waals surface area contributed by atoms with Gasteiger partial charge in [0, 0.05) is 21.6 Å². The average Bonchev–Trinajstić information content (AvgIpc) is 2.75. The van der Waals surface area contributed by atoms with Gasteiger partial charge in [0.15, 0.2) is 0 Å². The van der Waals surface area contributed by atoms with E-state index in [1.54, 1.807) is 11.3 Å². The Hall–Kier alpha value is -0.840. The van der Waals surface area contributed by atoms with E-state index in [0.29, 0.717) is 0 Å². The molecule has 96 valence electrons. The molecule has 0 saturated heterocycles. The molecule has 1 aromatic heterocycles. The Bertz CT molecular complexity index is 701. The molecular formula is C15H11Br2NS. The molecule has 0 saturated carbocycles. The van der Waals surface area contributed by atoms with Gasteiger partial charge in [-0.3, -0.25) is 0 Å². The standard InChI is InChI=1S/C15H11Br2NS/c16-14-8-13(19-15(14)17)9-18-12-6-5-10-3-1-2-4-11(10)7-12/h1-8,18H,9H2. The molecule has 0 unspecified atom stereocenters. The lowest BCUT2D eigenvalue weighted by Crippen LogP contribution is -1.96. The van der Waals surface area contributed by atoms with Crippen molar-refractivity contribution in [1.82, 2.24) is 0 Å². The summed E-state index contributed by atoms with van der Waals surface area (Å²) in [7, 11) is 0. The molecule has 0 fully saturated rings. The fourth-order valence-corrected chi connectivity index (χ4v) is 4.08. The van der Waals surface area contributed by atoms with Crippen LogP contribution in [0.15, 0.2) is 56.8 Å². The quantitative estimate of drug-likeness (QED) is 0.569. The third-order valence-corrected chi connectivity index (χ3v) is 6.17. The second-order valence-corrected chi connectivity index (χ2v) is 7.56. The highest BCUT2D eigenvalue weighted by Crippen LogP contribution is 2.32. The van der Waals surface area contributed by atoms with E-state index in [1.807, 2.05) is 0 Å². The molecule has 1 heterocycles. The van der Waals surface area contributed by atoms with Gasteiger partial charge in [0.1, 0.15) is 0 Å². The number of benzene rings is 2. The lowest BCUT2D eigenvalue weighted by atomic mass is 10.1. The Kier molecular flexibility index (Phi) is 3.91. The molecule has 0 spiro atoms. The minimum absolute atomic E-state index is 0.840. The number of hydrogen-bond donors (Lipinski definition) is 1. The van der Waals surface area contributed by atoms with Gasteiger partial charge in [0.25, 0.3) is 0 Å². The van der Waals surface area contributed by atoms with Gasteiger partial charge in [-0.1, -0.05) is 30.3 Å². The molecule has 0 aliphatic heterocycles. The monoisotopic (exact) mass is 395 g/mol. The predicted octanol–water partition coefficient (Wildman–Crippen LogP) is 6.04. The number of fused-ring (bicyclic) bond motifs is 1. The molecule has 2 aromatic carbocycles. The maximum absolute atomic E-state index is 3.52. The number of hydrogen-bond acceptors (Lipinski definition) is 2. The van der Waals surface area contributed by atoms with Crippen LogP contribution in [0.5, 0.6) is 0 Å². The SMILES string of the molecule is Brc1cc(CNc2ccc3ccccc3c2)sc1Br. The van der Waals surface area contributed by atoms with Crippen molar-refractivity contribution in [3.05, 3.63) is 61.7 Å². The fraction of sp³-hybridized carbons (Fsp3) is 0.0667. The Morgan fingerprint density at radius 3 is 2.47 bits per heavy atom. The summed E-state index contributed by atoms with van der Waals surface area (Å²) in [6.45, 7) is 0.840. The maximum atomic E-state index is 3.52. The van der Waals surface area contributed by atoms with Gasteiger partial charge in [-0.05, 0) is 60.8 Å². The highest BCUT2D eigenvalue weighted by atomic mass is 79.9. The van der Waals surface area contributed by atoms with E-state index < -0.39 is 0 Å². The lowest BCUT2D eigenvalue weighted by Gasteiger charge is -2.06. The van der Waals surface area contributed by atoms with E-state index in [0.717, 1.165) is 20.5 Å². The average molecular weight is 397 g/mol. The van der Waals surface area contributed by atoms with Crippen LogP contribution in [-0.4, -0.2) is 0 Å². The first-order valence-electron chi connectivity index (χ1n) is 5.89. The van der Waals surface area contributed by atoms with Crippen LogP contribution in [0.25, 0.3) is 10.8 Å². The zero-order valence-corrected chi connectivity index (χ0v) is 14.0. The van der Waals surface area contributed by atoms with Gasteiger partial charge in [-0.15, -0.1) is 11.3 Å². The number of anilines is 1. The molecule has 3 aromatic rings. The first-order valence-corrected chi connectivity index (χ1v) is 8.29. The van der Waals surface area contributed by atoms with Crippen molar-refractivity contribution in [2.24, 2.45) is 0 Å². The van der Waals surface area contributed by atoms with Gasteiger partial charge < -0.3 is 5.32 Å².